The smallest absolute Gasteiger partial charge is 0.0599 e. The monoisotopic (exact) mass is 142 g/mol. The van der Waals surface area contributed by atoms with E-state index in [9.17, 15) is 0 Å². The van der Waals surface area contributed by atoms with Crippen molar-refractivity contribution in [3.63, 3.8) is 0 Å². The summed E-state index contributed by atoms with van der Waals surface area (Å²) in [6.07, 6.45) is 4.53. The van der Waals surface area contributed by atoms with Gasteiger partial charge in [-0.25, -0.2) is 0 Å². The van der Waals surface area contributed by atoms with Gasteiger partial charge in [-0.15, -0.1) is 0 Å². The van der Waals surface area contributed by atoms with Gasteiger partial charge in [0.15, 0.2) is 0 Å². The third kappa shape index (κ3) is 1.72. The second kappa shape index (κ2) is 3.38. The normalized spacial score (nSPS) is 41.7. The molecule has 60 valence electrons. The number of ether oxygens (including phenoxy) is 1. The van der Waals surface area contributed by atoms with Crippen molar-refractivity contribution in [3.05, 3.63) is 0 Å². The molecule has 10 heavy (non-hydrogen) atoms. The summed E-state index contributed by atoms with van der Waals surface area (Å²) in [5.41, 5.74) is 0. The van der Waals surface area contributed by atoms with E-state index in [1.54, 1.807) is 0 Å². The lowest BCUT2D eigenvalue weighted by Crippen LogP contribution is -2.27. The lowest BCUT2D eigenvalue weighted by Gasteiger charge is -2.31. The van der Waals surface area contributed by atoms with Crippen LogP contribution in [0.4, 0.5) is 0 Å². The van der Waals surface area contributed by atoms with E-state index in [-0.39, 0.29) is 0 Å². The molecule has 0 saturated heterocycles. The van der Waals surface area contributed by atoms with Crippen LogP contribution in [0.1, 0.15) is 33.1 Å². The Labute approximate surface area is 63.8 Å². The molecule has 1 saturated carbocycles. The minimum Gasteiger partial charge on any atom is -0.381 e. The van der Waals surface area contributed by atoms with E-state index in [1.807, 2.05) is 7.11 Å². The van der Waals surface area contributed by atoms with E-state index in [2.05, 4.69) is 13.8 Å². The Hall–Kier alpha value is -0.0400. The average molecular weight is 142 g/mol. The zero-order chi connectivity index (χ0) is 7.56. The molecule has 1 aliphatic rings. The topological polar surface area (TPSA) is 9.23 Å². The van der Waals surface area contributed by atoms with Crippen molar-refractivity contribution in [3.8, 4) is 0 Å². The first-order valence-electron chi connectivity index (χ1n) is 4.26. The summed E-state index contributed by atoms with van der Waals surface area (Å²) < 4.78 is 5.37. The SMILES string of the molecule is COC1CC(C)CCC1C. The molecule has 0 aromatic carbocycles. The van der Waals surface area contributed by atoms with Crippen molar-refractivity contribution < 1.29 is 4.74 Å². The fraction of sp³-hybridized carbons (Fsp3) is 1.00. The molecule has 0 heterocycles. The predicted molar refractivity (Wildman–Crippen MR) is 43.0 cm³/mol. The van der Waals surface area contributed by atoms with Gasteiger partial charge in [-0.2, -0.15) is 0 Å². The minimum atomic E-state index is 0.531. The van der Waals surface area contributed by atoms with Crippen LogP contribution < -0.4 is 0 Å². The van der Waals surface area contributed by atoms with Crippen LogP contribution in [0.5, 0.6) is 0 Å². The molecular weight excluding hydrogens is 124 g/mol. The number of rotatable bonds is 1. The molecule has 0 aromatic heterocycles. The van der Waals surface area contributed by atoms with Crippen molar-refractivity contribution in [2.75, 3.05) is 7.11 Å². The second-order valence-corrected chi connectivity index (χ2v) is 3.67. The van der Waals surface area contributed by atoms with Crippen molar-refractivity contribution >= 4 is 0 Å². The molecule has 3 unspecified atom stereocenters. The van der Waals surface area contributed by atoms with Gasteiger partial charge in [-0.05, 0) is 24.7 Å². The van der Waals surface area contributed by atoms with Crippen LogP contribution in [0.25, 0.3) is 0 Å². The Bertz CT molecular complexity index is 101. The molecule has 1 aliphatic carbocycles. The van der Waals surface area contributed by atoms with Crippen molar-refractivity contribution in [1.29, 1.82) is 0 Å². The Balaban J connectivity index is 2.38. The minimum absolute atomic E-state index is 0.531. The Morgan fingerprint density at radius 2 is 1.90 bits per heavy atom. The van der Waals surface area contributed by atoms with Crippen LogP contribution in [0.3, 0.4) is 0 Å². The third-order valence-corrected chi connectivity index (χ3v) is 2.69. The maximum absolute atomic E-state index is 5.37. The number of hydrogen-bond acceptors (Lipinski definition) is 1. The second-order valence-electron chi connectivity index (χ2n) is 3.67. The number of hydrogen-bond donors (Lipinski definition) is 0. The summed E-state index contributed by atoms with van der Waals surface area (Å²) in [5.74, 6) is 1.65. The highest BCUT2D eigenvalue weighted by Gasteiger charge is 2.24. The first-order valence-corrected chi connectivity index (χ1v) is 4.26. The highest BCUT2D eigenvalue weighted by atomic mass is 16.5. The van der Waals surface area contributed by atoms with E-state index < -0.39 is 0 Å². The van der Waals surface area contributed by atoms with E-state index in [4.69, 9.17) is 4.74 Å². The summed E-state index contributed by atoms with van der Waals surface area (Å²) in [7, 11) is 1.83. The van der Waals surface area contributed by atoms with Crippen LogP contribution in [0.15, 0.2) is 0 Å². The molecule has 0 spiro atoms. The molecule has 0 amide bonds. The van der Waals surface area contributed by atoms with Gasteiger partial charge in [0.25, 0.3) is 0 Å². The molecule has 1 nitrogen and oxygen atoms in total. The van der Waals surface area contributed by atoms with Crippen LogP contribution in [-0.2, 0) is 4.74 Å². The average Bonchev–Trinajstić information content (AvgIpc) is 1.94. The third-order valence-electron chi connectivity index (χ3n) is 2.69. The van der Waals surface area contributed by atoms with Gasteiger partial charge in [-0.1, -0.05) is 20.3 Å². The van der Waals surface area contributed by atoms with Crippen molar-refractivity contribution in [2.45, 2.75) is 39.2 Å². The standard InChI is InChI=1S/C9H18O/c1-7-4-5-8(2)9(6-7)10-3/h7-9H,4-6H2,1-3H3. The molecule has 0 aliphatic heterocycles. The summed E-state index contributed by atoms with van der Waals surface area (Å²) >= 11 is 0. The van der Waals surface area contributed by atoms with Gasteiger partial charge < -0.3 is 4.74 Å². The highest BCUT2D eigenvalue weighted by molar-refractivity contribution is 4.75. The molecular formula is C9H18O. The van der Waals surface area contributed by atoms with Crippen molar-refractivity contribution in [2.24, 2.45) is 11.8 Å². The number of methoxy groups -OCH3 is 1. The van der Waals surface area contributed by atoms with E-state index in [0.717, 1.165) is 11.8 Å². The lowest BCUT2D eigenvalue weighted by molar-refractivity contribution is 0.0148. The zero-order valence-corrected chi connectivity index (χ0v) is 7.26. The first-order chi connectivity index (χ1) is 4.74. The Kier molecular flexibility index (Phi) is 2.72. The Morgan fingerprint density at radius 1 is 1.20 bits per heavy atom. The van der Waals surface area contributed by atoms with Gasteiger partial charge >= 0.3 is 0 Å². The molecule has 1 rings (SSSR count). The van der Waals surface area contributed by atoms with E-state index in [0.29, 0.717) is 6.10 Å². The highest BCUT2D eigenvalue weighted by Crippen LogP contribution is 2.29. The van der Waals surface area contributed by atoms with E-state index >= 15 is 0 Å². The van der Waals surface area contributed by atoms with Gasteiger partial charge in [0.2, 0.25) is 0 Å². The molecule has 3 atom stereocenters. The molecule has 0 aromatic rings. The fourth-order valence-corrected chi connectivity index (χ4v) is 1.81. The van der Waals surface area contributed by atoms with Gasteiger partial charge in [-0.3, -0.25) is 0 Å². The first kappa shape index (κ1) is 8.06. The Morgan fingerprint density at radius 3 is 2.40 bits per heavy atom. The van der Waals surface area contributed by atoms with Crippen LogP contribution in [0, 0.1) is 11.8 Å². The molecule has 0 bridgehead atoms. The largest absolute Gasteiger partial charge is 0.381 e. The molecule has 0 N–H and O–H groups in total. The zero-order valence-electron chi connectivity index (χ0n) is 7.26. The summed E-state index contributed by atoms with van der Waals surface area (Å²) in [4.78, 5) is 0. The maximum Gasteiger partial charge on any atom is 0.0599 e. The fourth-order valence-electron chi connectivity index (χ4n) is 1.81. The molecule has 1 fully saturated rings. The summed E-state index contributed by atoms with van der Waals surface area (Å²) in [5, 5.41) is 0. The van der Waals surface area contributed by atoms with Crippen LogP contribution >= 0.6 is 0 Å². The molecule has 0 radical (unpaired) electrons. The van der Waals surface area contributed by atoms with Crippen LogP contribution in [-0.4, -0.2) is 13.2 Å². The quantitative estimate of drug-likeness (QED) is 0.546. The molecule has 1 heteroatoms. The van der Waals surface area contributed by atoms with Crippen molar-refractivity contribution in [1.82, 2.24) is 0 Å². The summed E-state index contributed by atoms with van der Waals surface area (Å²) in [6, 6.07) is 0. The van der Waals surface area contributed by atoms with E-state index in [1.165, 1.54) is 19.3 Å². The van der Waals surface area contributed by atoms with Gasteiger partial charge in [0, 0.05) is 7.11 Å². The summed E-state index contributed by atoms with van der Waals surface area (Å²) in [6.45, 7) is 4.61. The maximum atomic E-state index is 5.37. The van der Waals surface area contributed by atoms with Crippen LogP contribution in [0.2, 0.25) is 0 Å². The van der Waals surface area contributed by atoms with Gasteiger partial charge in [0.1, 0.15) is 0 Å². The van der Waals surface area contributed by atoms with Gasteiger partial charge in [0.05, 0.1) is 6.10 Å². The lowest BCUT2D eigenvalue weighted by atomic mass is 9.82. The predicted octanol–water partition coefficient (Wildman–Crippen LogP) is 2.46.